The normalized spacial score (nSPS) is 14.9. The molecule has 0 aliphatic carbocycles. The molecule has 7 nitrogen and oxygen atoms in total. The molecule has 1 fully saturated rings. The van der Waals surface area contributed by atoms with Crippen molar-refractivity contribution in [3.63, 3.8) is 0 Å². The highest BCUT2D eigenvalue weighted by molar-refractivity contribution is 5.92. The first-order valence-corrected chi connectivity index (χ1v) is 10.3. The Morgan fingerprint density at radius 1 is 1.00 bits per heavy atom. The van der Waals surface area contributed by atoms with Gasteiger partial charge in [0.15, 0.2) is 11.5 Å². The Bertz CT molecular complexity index is 1170. The van der Waals surface area contributed by atoms with Crippen molar-refractivity contribution < 1.29 is 4.79 Å². The van der Waals surface area contributed by atoms with Crippen molar-refractivity contribution >= 4 is 22.9 Å². The SMILES string of the molecule is Cn1cccc1C(=O)N1CCC(c2nc3ccc(Nc4ccccc4)cn3n2)CC1. The highest BCUT2D eigenvalue weighted by Gasteiger charge is 2.27. The van der Waals surface area contributed by atoms with E-state index in [-0.39, 0.29) is 11.8 Å². The minimum absolute atomic E-state index is 0.0977. The lowest BCUT2D eigenvalue weighted by molar-refractivity contribution is 0.0701. The Morgan fingerprint density at radius 3 is 2.53 bits per heavy atom. The van der Waals surface area contributed by atoms with Gasteiger partial charge in [0.25, 0.3) is 5.91 Å². The summed E-state index contributed by atoms with van der Waals surface area (Å²) in [6, 6.07) is 17.8. The van der Waals surface area contributed by atoms with E-state index in [2.05, 4.69) is 5.32 Å². The Balaban J connectivity index is 1.28. The van der Waals surface area contributed by atoms with Crippen molar-refractivity contribution in [1.82, 2.24) is 24.1 Å². The smallest absolute Gasteiger partial charge is 0.270 e. The molecule has 7 heteroatoms. The number of rotatable bonds is 4. The van der Waals surface area contributed by atoms with Gasteiger partial charge in [0, 0.05) is 37.9 Å². The second-order valence-corrected chi connectivity index (χ2v) is 7.75. The minimum Gasteiger partial charge on any atom is -0.354 e. The summed E-state index contributed by atoms with van der Waals surface area (Å²) in [7, 11) is 1.90. The van der Waals surface area contributed by atoms with Crippen LogP contribution in [0.5, 0.6) is 0 Å². The molecule has 1 saturated heterocycles. The highest BCUT2D eigenvalue weighted by Crippen LogP contribution is 2.27. The first-order valence-electron chi connectivity index (χ1n) is 10.3. The highest BCUT2D eigenvalue weighted by atomic mass is 16.2. The zero-order valence-electron chi connectivity index (χ0n) is 16.9. The van der Waals surface area contributed by atoms with Crippen LogP contribution in [-0.2, 0) is 7.05 Å². The number of carbonyl (C=O) groups is 1. The van der Waals surface area contributed by atoms with E-state index in [0.29, 0.717) is 0 Å². The Labute approximate surface area is 175 Å². The van der Waals surface area contributed by atoms with E-state index in [9.17, 15) is 4.79 Å². The first kappa shape index (κ1) is 18.4. The zero-order valence-corrected chi connectivity index (χ0v) is 16.9. The summed E-state index contributed by atoms with van der Waals surface area (Å²) in [5.74, 6) is 1.23. The molecule has 0 bridgehead atoms. The summed E-state index contributed by atoms with van der Waals surface area (Å²) < 4.78 is 3.71. The second-order valence-electron chi connectivity index (χ2n) is 7.75. The predicted octanol–water partition coefficient (Wildman–Crippen LogP) is 3.83. The van der Waals surface area contributed by atoms with E-state index in [0.717, 1.165) is 54.5 Å². The number of carbonyl (C=O) groups excluding carboxylic acids is 1. The topological polar surface area (TPSA) is 67.5 Å². The summed E-state index contributed by atoms with van der Waals surface area (Å²) in [5.41, 5.74) is 3.57. The molecule has 30 heavy (non-hydrogen) atoms. The lowest BCUT2D eigenvalue weighted by Gasteiger charge is -2.30. The molecule has 1 N–H and O–H groups in total. The number of aromatic nitrogens is 4. The Morgan fingerprint density at radius 2 is 1.80 bits per heavy atom. The maximum atomic E-state index is 12.7. The molecule has 1 aliphatic rings. The molecular formula is C23H24N6O. The standard InChI is InChI=1S/C23H24N6O/c1-27-13-5-8-20(27)23(30)28-14-11-17(12-15-28)22-25-21-10-9-19(16-29(21)26-22)24-18-6-3-2-4-7-18/h2-10,13,16-17,24H,11-12,14-15H2,1H3. The first-order chi connectivity index (χ1) is 14.7. The lowest BCUT2D eigenvalue weighted by atomic mass is 9.96. The van der Waals surface area contributed by atoms with Crippen molar-refractivity contribution in [3.05, 3.63) is 78.5 Å². The number of hydrogen-bond acceptors (Lipinski definition) is 4. The van der Waals surface area contributed by atoms with Crippen molar-refractivity contribution in [2.45, 2.75) is 18.8 Å². The van der Waals surface area contributed by atoms with Crippen molar-refractivity contribution in [2.75, 3.05) is 18.4 Å². The number of amides is 1. The van der Waals surface area contributed by atoms with Crippen LogP contribution in [0.15, 0.2) is 67.0 Å². The summed E-state index contributed by atoms with van der Waals surface area (Å²) in [5, 5.41) is 8.12. The van der Waals surface area contributed by atoms with Crippen LogP contribution in [-0.4, -0.2) is 43.1 Å². The number of hydrogen-bond donors (Lipinski definition) is 1. The maximum absolute atomic E-state index is 12.7. The molecule has 1 aromatic carbocycles. The number of pyridine rings is 1. The van der Waals surface area contributed by atoms with Crippen LogP contribution in [0.25, 0.3) is 5.65 Å². The molecule has 152 valence electrons. The van der Waals surface area contributed by atoms with Gasteiger partial charge >= 0.3 is 0 Å². The van der Waals surface area contributed by atoms with Crippen LogP contribution in [0.1, 0.15) is 35.1 Å². The van der Waals surface area contributed by atoms with E-state index in [4.69, 9.17) is 10.1 Å². The van der Waals surface area contributed by atoms with Crippen LogP contribution >= 0.6 is 0 Å². The fourth-order valence-electron chi connectivity index (χ4n) is 4.02. The minimum atomic E-state index is 0.0977. The van der Waals surface area contributed by atoms with Gasteiger partial charge in [-0.15, -0.1) is 0 Å². The Kier molecular flexibility index (Phi) is 4.71. The van der Waals surface area contributed by atoms with Gasteiger partial charge < -0.3 is 14.8 Å². The summed E-state index contributed by atoms with van der Waals surface area (Å²) in [4.78, 5) is 19.4. The molecule has 3 aromatic heterocycles. The van der Waals surface area contributed by atoms with Crippen molar-refractivity contribution in [1.29, 1.82) is 0 Å². The summed E-state index contributed by atoms with van der Waals surface area (Å²) in [6.45, 7) is 1.45. The number of nitrogens with zero attached hydrogens (tertiary/aromatic N) is 5. The van der Waals surface area contributed by atoms with Gasteiger partial charge in [-0.2, -0.15) is 5.10 Å². The van der Waals surface area contributed by atoms with Gasteiger partial charge in [-0.1, -0.05) is 18.2 Å². The van der Waals surface area contributed by atoms with E-state index in [1.54, 1.807) is 0 Å². The monoisotopic (exact) mass is 400 g/mol. The van der Waals surface area contributed by atoms with E-state index in [1.165, 1.54) is 0 Å². The van der Waals surface area contributed by atoms with Crippen LogP contribution in [0, 0.1) is 0 Å². The number of piperidine rings is 1. The third-order valence-electron chi connectivity index (χ3n) is 5.72. The van der Waals surface area contributed by atoms with Crippen LogP contribution in [0.4, 0.5) is 11.4 Å². The molecule has 0 saturated carbocycles. The van der Waals surface area contributed by atoms with Gasteiger partial charge in [-0.3, -0.25) is 4.79 Å². The van der Waals surface area contributed by atoms with Crippen LogP contribution in [0.3, 0.4) is 0 Å². The lowest BCUT2D eigenvalue weighted by Crippen LogP contribution is -2.38. The van der Waals surface area contributed by atoms with Gasteiger partial charge in [0.1, 0.15) is 5.69 Å². The van der Waals surface area contributed by atoms with Crippen molar-refractivity contribution in [3.8, 4) is 0 Å². The number of likely N-dealkylation sites (tertiary alicyclic amines) is 1. The largest absolute Gasteiger partial charge is 0.354 e. The van der Waals surface area contributed by atoms with Gasteiger partial charge in [-0.25, -0.2) is 9.50 Å². The number of benzene rings is 1. The maximum Gasteiger partial charge on any atom is 0.270 e. The third kappa shape index (κ3) is 3.54. The average molecular weight is 400 g/mol. The van der Waals surface area contributed by atoms with Crippen LogP contribution < -0.4 is 5.32 Å². The summed E-state index contributed by atoms with van der Waals surface area (Å²) >= 11 is 0. The fraction of sp³-hybridized carbons (Fsp3) is 0.261. The van der Waals surface area contributed by atoms with E-state index in [1.807, 2.05) is 88.0 Å². The second kappa shape index (κ2) is 7.67. The Hall–Kier alpha value is -3.61. The molecule has 4 heterocycles. The molecule has 1 aliphatic heterocycles. The predicted molar refractivity (Wildman–Crippen MR) is 116 cm³/mol. The van der Waals surface area contributed by atoms with Gasteiger partial charge in [0.2, 0.25) is 0 Å². The number of para-hydroxylation sites is 1. The van der Waals surface area contributed by atoms with Gasteiger partial charge in [0.05, 0.1) is 11.9 Å². The fourth-order valence-corrected chi connectivity index (χ4v) is 4.02. The molecule has 1 amide bonds. The molecule has 0 spiro atoms. The molecule has 0 radical (unpaired) electrons. The summed E-state index contributed by atoms with van der Waals surface area (Å²) in [6.07, 6.45) is 5.62. The van der Waals surface area contributed by atoms with Gasteiger partial charge in [-0.05, 0) is 49.2 Å². The number of aryl methyl sites for hydroxylation is 1. The van der Waals surface area contributed by atoms with E-state index < -0.39 is 0 Å². The molecule has 5 rings (SSSR count). The number of fused-ring (bicyclic) bond motifs is 1. The van der Waals surface area contributed by atoms with E-state index >= 15 is 0 Å². The molecule has 0 unspecified atom stereocenters. The van der Waals surface area contributed by atoms with Crippen molar-refractivity contribution in [2.24, 2.45) is 7.05 Å². The number of anilines is 2. The van der Waals surface area contributed by atoms with Crippen LogP contribution in [0.2, 0.25) is 0 Å². The number of nitrogens with one attached hydrogen (secondary N) is 1. The molecule has 4 aromatic rings. The average Bonchev–Trinajstić information content (AvgIpc) is 3.40. The molecular weight excluding hydrogens is 376 g/mol. The molecule has 0 atom stereocenters. The zero-order chi connectivity index (χ0) is 20.5. The quantitative estimate of drug-likeness (QED) is 0.565. The third-order valence-corrected chi connectivity index (χ3v) is 5.72.